The van der Waals surface area contributed by atoms with Crippen molar-refractivity contribution in [1.82, 2.24) is 0 Å². The van der Waals surface area contributed by atoms with Crippen LogP contribution in [0.2, 0.25) is 0 Å². The third-order valence-corrected chi connectivity index (χ3v) is 2.95. The molecule has 2 nitrogen and oxygen atoms in total. The van der Waals surface area contributed by atoms with E-state index in [2.05, 4.69) is 12.6 Å². The van der Waals surface area contributed by atoms with Crippen LogP contribution in [0.3, 0.4) is 0 Å². The highest BCUT2D eigenvalue weighted by Gasteiger charge is 2.24. The molecule has 1 aliphatic rings. The zero-order valence-electron chi connectivity index (χ0n) is 8.77. The summed E-state index contributed by atoms with van der Waals surface area (Å²) in [6.07, 6.45) is 2.91. The van der Waals surface area contributed by atoms with E-state index in [1.54, 1.807) is 24.3 Å². The van der Waals surface area contributed by atoms with Gasteiger partial charge in [0.25, 0.3) is 0 Å². The van der Waals surface area contributed by atoms with Crippen molar-refractivity contribution in [3.63, 3.8) is 0 Å². The van der Waals surface area contributed by atoms with Gasteiger partial charge < -0.3 is 0 Å². The van der Waals surface area contributed by atoms with Gasteiger partial charge in [-0.15, -0.1) is 0 Å². The summed E-state index contributed by atoms with van der Waals surface area (Å²) < 4.78 is 0. The molecule has 0 bridgehead atoms. The van der Waals surface area contributed by atoms with E-state index in [1.807, 2.05) is 0 Å². The van der Waals surface area contributed by atoms with Gasteiger partial charge in [-0.25, -0.2) is 0 Å². The second-order valence-electron chi connectivity index (χ2n) is 3.74. The minimum absolute atomic E-state index is 0.0167. The van der Waals surface area contributed by atoms with Crippen LogP contribution in [0.5, 0.6) is 0 Å². The molecule has 1 aromatic rings. The Morgan fingerprint density at radius 2 is 1.75 bits per heavy atom. The second kappa shape index (κ2) is 4.66. The Balaban J connectivity index is 2.36. The Kier molecular flexibility index (Phi) is 3.25. The summed E-state index contributed by atoms with van der Waals surface area (Å²) >= 11 is 4.10. The fourth-order valence-corrected chi connectivity index (χ4v) is 1.98. The molecular formula is C13H12O2S. The molecule has 16 heavy (non-hydrogen) atoms. The van der Waals surface area contributed by atoms with Gasteiger partial charge in [-0.3, -0.25) is 9.59 Å². The fraction of sp³-hybridized carbons (Fsp3) is 0.231. The van der Waals surface area contributed by atoms with Gasteiger partial charge in [0.05, 0.1) is 0 Å². The molecule has 0 N–H and O–H groups in total. The maximum atomic E-state index is 12.0. The van der Waals surface area contributed by atoms with Crippen LogP contribution in [0.4, 0.5) is 0 Å². The zero-order chi connectivity index (χ0) is 11.5. The van der Waals surface area contributed by atoms with Crippen molar-refractivity contribution < 1.29 is 9.59 Å². The molecule has 1 aromatic carbocycles. The molecule has 82 valence electrons. The number of hydrogen-bond donors (Lipinski definition) is 1. The largest absolute Gasteiger partial charge is 0.289 e. The van der Waals surface area contributed by atoms with Crippen LogP contribution >= 0.6 is 12.6 Å². The van der Waals surface area contributed by atoms with Crippen LogP contribution in [0, 0.1) is 0 Å². The molecule has 0 aliphatic heterocycles. The van der Waals surface area contributed by atoms with Crippen molar-refractivity contribution in [1.29, 1.82) is 0 Å². The fourth-order valence-electron chi connectivity index (χ4n) is 1.83. The zero-order valence-corrected chi connectivity index (χ0v) is 9.67. The Bertz CT molecular complexity index is 475. The maximum Gasteiger partial charge on any atom is 0.189 e. The molecule has 0 heterocycles. The Hall–Kier alpha value is -1.35. The molecule has 0 radical (unpaired) electrons. The molecule has 0 aromatic heterocycles. The van der Waals surface area contributed by atoms with Crippen LogP contribution in [-0.4, -0.2) is 17.3 Å². The number of allylic oxidation sites excluding steroid dienone is 2. The van der Waals surface area contributed by atoms with Crippen LogP contribution in [0.1, 0.15) is 33.6 Å². The number of rotatable bonds is 3. The van der Waals surface area contributed by atoms with Crippen LogP contribution in [-0.2, 0) is 0 Å². The molecule has 0 saturated heterocycles. The molecular weight excluding hydrogens is 220 g/mol. The Labute approximate surface area is 99.8 Å². The summed E-state index contributed by atoms with van der Waals surface area (Å²) in [6, 6.07) is 6.97. The van der Waals surface area contributed by atoms with Crippen molar-refractivity contribution in [2.45, 2.75) is 12.8 Å². The maximum absolute atomic E-state index is 12.0. The number of carbonyl (C=O) groups excluding carboxylic acids is 2. The summed E-state index contributed by atoms with van der Waals surface area (Å²) in [4.78, 5) is 23.8. The molecule has 0 unspecified atom stereocenters. The minimum Gasteiger partial charge on any atom is -0.289 e. The van der Waals surface area contributed by atoms with Crippen molar-refractivity contribution in [2.75, 3.05) is 5.75 Å². The summed E-state index contributed by atoms with van der Waals surface area (Å²) in [7, 11) is 0. The highest BCUT2D eigenvalue weighted by Crippen LogP contribution is 2.23. The Morgan fingerprint density at radius 1 is 1.06 bits per heavy atom. The lowest BCUT2D eigenvalue weighted by Crippen LogP contribution is -2.16. The number of carbonyl (C=O) groups is 2. The summed E-state index contributed by atoms with van der Waals surface area (Å²) in [5.74, 6) is 0.641. The molecule has 2 rings (SSSR count). The van der Waals surface area contributed by atoms with Crippen LogP contribution in [0.25, 0.3) is 0 Å². The molecule has 0 amide bonds. The first-order valence-electron chi connectivity index (χ1n) is 5.23. The third kappa shape index (κ3) is 1.95. The van der Waals surface area contributed by atoms with Gasteiger partial charge in [-0.2, -0.15) is 12.6 Å². The third-order valence-electron chi connectivity index (χ3n) is 2.64. The second-order valence-corrected chi connectivity index (χ2v) is 4.18. The lowest BCUT2D eigenvalue weighted by atomic mass is 9.88. The molecule has 1 aliphatic carbocycles. The van der Waals surface area contributed by atoms with E-state index < -0.39 is 0 Å². The smallest absolute Gasteiger partial charge is 0.189 e. The first-order chi connectivity index (χ1) is 7.74. The van der Waals surface area contributed by atoms with E-state index in [4.69, 9.17) is 0 Å². The van der Waals surface area contributed by atoms with Gasteiger partial charge in [0.2, 0.25) is 0 Å². The number of fused-ring (bicyclic) bond motifs is 1. The summed E-state index contributed by atoms with van der Waals surface area (Å²) in [5, 5.41) is 0. The van der Waals surface area contributed by atoms with Gasteiger partial charge >= 0.3 is 0 Å². The quantitative estimate of drug-likeness (QED) is 0.813. The van der Waals surface area contributed by atoms with E-state index >= 15 is 0 Å². The predicted octanol–water partition coefficient (Wildman–Crippen LogP) is 2.70. The topological polar surface area (TPSA) is 34.1 Å². The average molecular weight is 232 g/mol. The number of hydrogen-bond acceptors (Lipinski definition) is 3. The van der Waals surface area contributed by atoms with Gasteiger partial charge in [0, 0.05) is 16.7 Å². The normalized spacial score (nSPS) is 14.7. The number of thiol groups is 1. The highest BCUT2D eigenvalue weighted by molar-refractivity contribution is 7.80. The molecule has 0 atom stereocenters. The first kappa shape index (κ1) is 11.1. The Morgan fingerprint density at radius 3 is 2.44 bits per heavy atom. The van der Waals surface area contributed by atoms with Crippen LogP contribution < -0.4 is 0 Å². The minimum atomic E-state index is -0.0654. The van der Waals surface area contributed by atoms with Crippen molar-refractivity contribution >= 4 is 24.2 Å². The van der Waals surface area contributed by atoms with E-state index in [1.165, 1.54) is 6.08 Å². The molecule has 3 heteroatoms. The van der Waals surface area contributed by atoms with Crippen LogP contribution in [0.15, 0.2) is 35.9 Å². The standard InChI is InChI=1S/C13H12O2S/c14-12-8-9(4-3-7-16)13(15)11-6-2-1-5-10(11)12/h1-2,5-6,8,16H,3-4,7H2. The monoisotopic (exact) mass is 232 g/mol. The van der Waals surface area contributed by atoms with Crippen molar-refractivity contribution in [3.8, 4) is 0 Å². The molecule has 0 spiro atoms. The van der Waals surface area contributed by atoms with Crippen molar-refractivity contribution in [3.05, 3.63) is 47.0 Å². The first-order valence-corrected chi connectivity index (χ1v) is 5.87. The lowest BCUT2D eigenvalue weighted by Gasteiger charge is -2.14. The predicted molar refractivity (Wildman–Crippen MR) is 66.3 cm³/mol. The van der Waals surface area contributed by atoms with E-state index in [0.717, 1.165) is 12.2 Å². The van der Waals surface area contributed by atoms with Gasteiger partial charge in [-0.1, -0.05) is 24.3 Å². The summed E-state index contributed by atoms with van der Waals surface area (Å²) in [5.41, 5.74) is 1.66. The lowest BCUT2D eigenvalue weighted by molar-refractivity contribution is 0.0981. The molecule has 0 saturated carbocycles. The number of Topliss-reactive ketones (excluding diaryl/α,β-unsaturated/α-hetero) is 1. The SMILES string of the molecule is O=C1C=C(CCCS)C(=O)c2ccccc21. The summed E-state index contributed by atoms with van der Waals surface area (Å²) in [6.45, 7) is 0. The highest BCUT2D eigenvalue weighted by atomic mass is 32.1. The molecule has 0 fully saturated rings. The number of benzene rings is 1. The van der Waals surface area contributed by atoms with E-state index in [0.29, 0.717) is 23.1 Å². The van der Waals surface area contributed by atoms with E-state index in [-0.39, 0.29) is 11.6 Å². The van der Waals surface area contributed by atoms with E-state index in [9.17, 15) is 9.59 Å². The van der Waals surface area contributed by atoms with Crippen molar-refractivity contribution in [2.24, 2.45) is 0 Å². The average Bonchev–Trinajstić information content (AvgIpc) is 2.32. The number of ketones is 2. The van der Waals surface area contributed by atoms with Gasteiger partial charge in [-0.05, 0) is 24.7 Å². The van der Waals surface area contributed by atoms with Gasteiger partial charge in [0.15, 0.2) is 11.6 Å². The van der Waals surface area contributed by atoms with Gasteiger partial charge in [0.1, 0.15) is 0 Å².